The van der Waals surface area contributed by atoms with E-state index in [1.54, 1.807) is 24.3 Å². The lowest BCUT2D eigenvalue weighted by Gasteiger charge is -2.27. The zero-order valence-electron chi connectivity index (χ0n) is 15.0. The minimum atomic E-state index is -3.65. The van der Waals surface area contributed by atoms with Crippen LogP contribution in [0.15, 0.2) is 59.5 Å². The number of hydrogen-bond acceptors (Lipinski definition) is 4. The van der Waals surface area contributed by atoms with E-state index >= 15 is 0 Å². The van der Waals surface area contributed by atoms with Crippen LogP contribution in [-0.2, 0) is 29.7 Å². The van der Waals surface area contributed by atoms with E-state index in [0.29, 0.717) is 30.1 Å². The average molecular weight is 383 g/mol. The molecule has 27 heavy (non-hydrogen) atoms. The first-order chi connectivity index (χ1) is 13.0. The fourth-order valence-corrected chi connectivity index (χ4v) is 5.07. The van der Waals surface area contributed by atoms with Gasteiger partial charge in [0.2, 0.25) is 10.0 Å². The van der Waals surface area contributed by atoms with Gasteiger partial charge in [0, 0.05) is 12.1 Å². The number of aliphatic hydroxyl groups excluding tert-OH is 1. The molecule has 140 valence electrons. The highest BCUT2D eigenvalue weighted by Crippen LogP contribution is 2.31. The number of aryl methyl sites for hydroxylation is 1. The van der Waals surface area contributed by atoms with Gasteiger partial charge in [-0.2, -0.15) is 9.40 Å². The largest absolute Gasteiger partial charge is 0.392 e. The first kappa shape index (κ1) is 17.9. The summed E-state index contributed by atoms with van der Waals surface area (Å²) >= 11 is 0. The summed E-state index contributed by atoms with van der Waals surface area (Å²) in [4.78, 5) is 0.298. The van der Waals surface area contributed by atoms with Crippen molar-refractivity contribution in [3.05, 3.63) is 71.5 Å². The Labute approximate surface area is 158 Å². The lowest BCUT2D eigenvalue weighted by molar-refractivity contribution is 0.282. The third-order valence-corrected chi connectivity index (χ3v) is 6.74. The topological polar surface area (TPSA) is 75.4 Å². The lowest BCUT2D eigenvalue weighted by atomic mass is 10.0. The molecule has 1 aromatic heterocycles. The Morgan fingerprint density at radius 1 is 1.07 bits per heavy atom. The summed E-state index contributed by atoms with van der Waals surface area (Å²) in [6.07, 6.45) is 0. The number of aliphatic hydroxyl groups is 1. The first-order valence-corrected chi connectivity index (χ1v) is 10.3. The van der Waals surface area contributed by atoms with Crippen molar-refractivity contribution < 1.29 is 13.5 Å². The summed E-state index contributed by atoms with van der Waals surface area (Å²) in [5.41, 5.74) is 4.07. The zero-order chi connectivity index (χ0) is 19.0. The monoisotopic (exact) mass is 383 g/mol. The number of rotatable bonds is 4. The Bertz CT molecular complexity index is 1070. The summed E-state index contributed by atoms with van der Waals surface area (Å²) in [6.45, 7) is 3.14. The van der Waals surface area contributed by atoms with Gasteiger partial charge in [-0.05, 0) is 30.2 Å². The predicted molar refractivity (Wildman–Crippen MR) is 102 cm³/mol. The van der Waals surface area contributed by atoms with Gasteiger partial charge in [-0.1, -0.05) is 42.5 Å². The fraction of sp³-hybridized carbons (Fsp3) is 0.250. The van der Waals surface area contributed by atoms with E-state index in [2.05, 4.69) is 5.10 Å². The highest BCUT2D eigenvalue weighted by molar-refractivity contribution is 7.89. The molecule has 0 fully saturated rings. The molecule has 1 N–H and O–H groups in total. The number of hydrogen-bond donors (Lipinski definition) is 1. The number of sulfonamides is 1. The molecule has 0 unspecified atom stereocenters. The smallest absolute Gasteiger partial charge is 0.244 e. The number of benzene rings is 2. The minimum Gasteiger partial charge on any atom is -0.392 e. The van der Waals surface area contributed by atoms with E-state index in [-0.39, 0.29) is 6.61 Å². The third-order valence-electron chi connectivity index (χ3n) is 4.84. The second-order valence-electron chi connectivity index (χ2n) is 6.69. The van der Waals surface area contributed by atoms with Crippen molar-refractivity contribution in [2.75, 3.05) is 6.54 Å². The van der Waals surface area contributed by atoms with Gasteiger partial charge in [0.15, 0.2) is 0 Å². The van der Waals surface area contributed by atoms with Crippen LogP contribution in [0, 0.1) is 6.92 Å². The van der Waals surface area contributed by atoms with Crippen molar-refractivity contribution in [1.82, 2.24) is 14.1 Å². The summed E-state index contributed by atoms with van der Waals surface area (Å²) in [5, 5.41) is 13.6. The van der Waals surface area contributed by atoms with Crippen LogP contribution >= 0.6 is 0 Å². The van der Waals surface area contributed by atoms with E-state index in [4.69, 9.17) is 0 Å². The molecule has 1 aliphatic rings. The molecule has 6 nitrogen and oxygen atoms in total. The SMILES string of the molecule is Cc1cc2n(n1)CCN(S(=O)(=O)c1ccccc1-c1ccc(CO)cc1)C2. The van der Waals surface area contributed by atoms with Crippen molar-refractivity contribution in [3.63, 3.8) is 0 Å². The molecule has 1 aliphatic heterocycles. The van der Waals surface area contributed by atoms with Crippen LogP contribution in [0.3, 0.4) is 0 Å². The van der Waals surface area contributed by atoms with Crippen molar-refractivity contribution in [3.8, 4) is 11.1 Å². The lowest BCUT2D eigenvalue weighted by Crippen LogP contribution is -2.38. The Balaban J connectivity index is 1.72. The summed E-state index contributed by atoms with van der Waals surface area (Å²) in [7, 11) is -3.65. The molecule has 0 radical (unpaired) electrons. The molecular formula is C20H21N3O3S. The molecule has 0 amide bonds. The molecule has 0 aliphatic carbocycles. The molecule has 4 rings (SSSR count). The number of nitrogens with zero attached hydrogens (tertiary/aromatic N) is 3. The number of fused-ring (bicyclic) bond motifs is 1. The fourth-order valence-electron chi connectivity index (χ4n) is 3.45. The molecule has 0 saturated carbocycles. The molecule has 0 saturated heterocycles. The maximum Gasteiger partial charge on any atom is 0.244 e. The van der Waals surface area contributed by atoms with Crippen LogP contribution in [0.25, 0.3) is 11.1 Å². The van der Waals surface area contributed by atoms with Gasteiger partial charge < -0.3 is 5.11 Å². The van der Waals surface area contributed by atoms with Crippen LogP contribution < -0.4 is 0 Å². The van der Waals surface area contributed by atoms with Crippen LogP contribution in [0.1, 0.15) is 17.0 Å². The Hall–Kier alpha value is -2.48. The normalized spacial score (nSPS) is 14.9. The highest BCUT2D eigenvalue weighted by atomic mass is 32.2. The second kappa shape index (κ2) is 6.92. The van der Waals surface area contributed by atoms with E-state index in [1.807, 2.05) is 41.9 Å². The minimum absolute atomic E-state index is 0.0406. The molecule has 2 aromatic carbocycles. The van der Waals surface area contributed by atoms with Crippen LogP contribution in [0.2, 0.25) is 0 Å². The maximum atomic E-state index is 13.4. The highest BCUT2D eigenvalue weighted by Gasteiger charge is 2.30. The van der Waals surface area contributed by atoms with Gasteiger partial charge in [-0.15, -0.1) is 0 Å². The second-order valence-corrected chi connectivity index (χ2v) is 8.60. The van der Waals surface area contributed by atoms with Gasteiger partial charge >= 0.3 is 0 Å². The molecule has 0 bridgehead atoms. The predicted octanol–water partition coefficient (Wildman–Crippen LogP) is 2.56. The van der Waals surface area contributed by atoms with Gasteiger partial charge in [0.25, 0.3) is 0 Å². The molecule has 3 aromatic rings. The molecule has 2 heterocycles. The Morgan fingerprint density at radius 2 is 1.81 bits per heavy atom. The van der Waals surface area contributed by atoms with Crippen molar-refractivity contribution >= 4 is 10.0 Å². The van der Waals surface area contributed by atoms with Gasteiger partial charge in [-0.25, -0.2) is 8.42 Å². The van der Waals surface area contributed by atoms with Crippen molar-refractivity contribution in [1.29, 1.82) is 0 Å². The van der Waals surface area contributed by atoms with Crippen LogP contribution in [-0.4, -0.2) is 34.2 Å². The van der Waals surface area contributed by atoms with E-state index in [9.17, 15) is 13.5 Å². The summed E-state index contributed by atoms with van der Waals surface area (Å²) < 4.78 is 30.1. The molecule has 0 atom stereocenters. The quantitative estimate of drug-likeness (QED) is 0.751. The van der Waals surface area contributed by atoms with E-state index < -0.39 is 10.0 Å². The molecule has 7 heteroatoms. The van der Waals surface area contributed by atoms with Gasteiger partial charge in [0.1, 0.15) is 0 Å². The molecular weight excluding hydrogens is 362 g/mol. The first-order valence-electron chi connectivity index (χ1n) is 8.82. The van der Waals surface area contributed by atoms with Crippen molar-refractivity contribution in [2.45, 2.75) is 31.5 Å². The summed E-state index contributed by atoms with van der Waals surface area (Å²) in [5.74, 6) is 0. The van der Waals surface area contributed by atoms with Crippen LogP contribution in [0.4, 0.5) is 0 Å². The van der Waals surface area contributed by atoms with Crippen molar-refractivity contribution in [2.24, 2.45) is 0 Å². The average Bonchev–Trinajstić information content (AvgIpc) is 3.07. The molecule has 0 spiro atoms. The standard InChI is InChI=1S/C20H21N3O3S/c1-15-12-18-13-22(10-11-23(18)21-15)27(25,26)20-5-3-2-4-19(20)17-8-6-16(14-24)7-9-17/h2-9,12,24H,10-11,13-14H2,1H3. The zero-order valence-corrected chi connectivity index (χ0v) is 15.9. The van der Waals surface area contributed by atoms with Gasteiger partial charge in [-0.3, -0.25) is 4.68 Å². The van der Waals surface area contributed by atoms with Crippen LogP contribution in [0.5, 0.6) is 0 Å². The van der Waals surface area contributed by atoms with E-state index in [0.717, 1.165) is 22.5 Å². The number of aromatic nitrogens is 2. The van der Waals surface area contributed by atoms with Gasteiger partial charge in [0.05, 0.1) is 36.0 Å². The third kappa shape index (κ3) is 3.29. The Morgan fingerprint density at radius 3 is 2.56 bits per heavy atom. The summed E-state index contributed by atoms with van der Waals surface area (Å²) in [6, 6.07) is 16.3. The van der Waals surface area contributed by atoms with E-state index in [1.165, 1.54) is 4.31 Å². The Kier molecular flexibility index (Phi) is 4.59. The maximum absolute atomic E-state index is 13.4.